The van der Waals surface area contributed by atoms with Crippen molar-refractivity contribution in [3.05, 3.63) is 71.8 Å². The molecule has 5 nitrogen and oxygen atoms in total. The van der Waals surface area contributed by atoms with E-state index in [9.17, 15) is 9.90 Å². The SMILES string of the molecule is C[C@H]1[C@@H](c2ccccc2)O[C@@H](C(O)c2ccccc2)N1C(=O)OC(C)(C)C. The lowest BCUT2D eigenvalue weighted by Crippen LogP contribution is -2.46. The zero-order valence-corrected chi connectivity index (χ0v) is 16.2. The summed E-state index contributed by atoms with van der Waals surface area (Å²) in [6.07, 6.45) is -2.65. The van der Waals surface area contributed by atoms with Crippen molar-refractivity contribution in [2.45, 2.75) is 57.8 Å². The first-order valence-electron chi connectivity index (χ1n) is 9.22. The van der Waals surface area contributed by atoms with Crippen LogP contribution in [0, 0.1) is 0 Å². The quantitative estimate of drug-likeness (QED) is 0.869. The van der Waals surface area contributed by atoms with Crippen LogP contribution in [0.3, 0.4) is 0 Å². The zero-order chi connectivity index (χ0) is 19.6. The van der Waals surface area contributed by atoms with Gasteiger partial charge in [0.15, 0.2) is 6.23 Å². The molecule has 0 aromatic heterocycles. The molecular weight excluding hydrogens is 342 g/mol. The summed E-state index contributed by atoms with van der Waals surface area (Å²) < 4.78 is 11.8. The Morgan fingerprint density at radius 3 is 2.19 bits per heavy atom. The molecule has 0 radical (unpaired) electrons. The van der Waals surface area contributed by atoms with Gasteiger partial charge in [-0.15, -0.1) is 0 Å². The summed E-state index contributed by atoms with van der Waals surface area (Å²) in [7, 11) is 0. The maximum atomic E-state index is 12.9. The fourth-order valence-corrected chi connectivity index (χ4v) is 3.33. The van der Waals surface area contributed by atoms with E-state index in [0.717, 1.165) is 5.56 Å². The van der Waals surface area contributed by atoms with Crippen molar-refractivity contribution in [2.75, 3.05) is 0 Å². The molecule has 144 valence electrons. The average molecular weight is 369 g/mol. The molecule has 0 spiro atoms. The summed E-state index contributed by atoms with van der Waals surface area (Å²) in [6.45, 7) is 7.39. The number of hydrogen-bond acceptors (Lipinski definition) is 4. The lowest BCUT2D eigenvalue weighted by Gasteiger charge is -2.32. The van der Waals surface area contributed by atoms with Gasteiger partial charge in [-0.3, -0.25) is 4.90 Å². The van der Waals surface area contributed by atoms with Gasteiger partial charge in [-0.25, -0.2) is 4.79 Å². The van der Waals surface area contributed by atoms with E-state index in [1.54, 1.807) is 0 Å². The van der Waals surface area contributed by atoms with Gasteiger partial charge in [-0.2, -0.15) is 0 Å². The summed E-state index contributed by atoms with van der Waals surface area (Å²) in [5.41, 5.74) is 1.02. The highest BCUT2D eigenvalue weighted by atomic mass is 16.6. The minimum absolute atomic E-state index is 0.286. The third-order valence-electron chi connectivity index (χ3n) is 4.58. The Bertz CT molecular complexity index is 757. The highest BCUT2D eigenvalue weighted by Gasteiger charge is 2.48. The Hall–Kier alpha value is -2.37. The van der Waals surface area contributed by atoms with Crippen LogP contribution in [-0.2, 0) is 9.47 Å². The van der Waals surface area contributed by atoms with Crippen LogP contribution >= 0.6 is 0 Å². The molecule has 1 aliphatic rings. The Morgan fingerprint density at radius 1 is 1.07 bits per heavy atom. The Kier molecular flexibility index (Phi) is 5.53. The number of benzene rings is 2. The number of nitrogens with zero attached hydrogens (tertiary/aromatic N) is 1. The third-order valence-corrected chi connectivity index (χ3v) is 4.58. The fourth-order valence-electron chi connectivity index (χ4n) is 3.33. The Morgan fingerprint density at radius 2 is 1.63 bits per heavy atom. The van der Waals surface area contributed by atoms with Crippen molar-refractivity contribution in [2.24, 2.45) is 0 Å². The molecule has 5 heteroatoms. The molecule has 2 aromatic carbocycles. The van der Waals surface area contributed by atoms with E-state index in [1.165, 1.54) is 4.90 Å². The smallest absolute Gasteiger partial charge is 0.412 e. The molecule has 1 aliphatic heterocycles. The Labute approximate surface area is 160 Å². The summed E-state index contributed by atoms with van der Waals surface area (Å²) in [4.78, 5) is 14.4. The number of hydrogen-bond donors (Lipinski definition) is 1. The van der Waals surface area contributed by atoms with Crippen molar-refractivity contribution >= 4 is 6.09 Å². The number of amides is 1. The molecule has 0 saturated carbocycles. The number of aliphatic hydroxyl groups is 1. The van der Waals surface area contributed by atoms with Crippen molar-refractivity contribution < 1.29 is 19.4 Å². The van der Waals surface area contributed by atoms with E-state index in [-0.39, 0.29) is 12.1 Å². The molecule has 0 aliphatic carbocycles. The number of aliphatic hydroxyl groups excluding tert-OH is 1. The van der Waals surface area contributed by atoms with E-state index in [0.29, 0.717) is 5.56 Å². The summed E-state index contributed by atoms with van der Waals surface area (Å²) in [6, 6.07) is 18.7. The molecule has 1 saturated heterocycles. The van der Waals surface area contributed by atoms with Crippen molar-refractivity contribution in [3.8, 4) is 0 Å². The molecule has 2 aromatic rings. The maximum absolute atomic E-state index is 12.9. The van der Waals surface area contributed by atoms with Gasteiger partial charge in [0.25, 0.3) is 0 Å². The standard InChI is InChI=1S/C22H27NO4/c1-15-19(17-13-9-6-10-14-17)26-20(18(24)16-11-7-5-8-12-16)23(15)21(25)27-22(2,3)4/h5-15,18-20,24H,1-4H3/t15-,18?,19-,20-/m0/s1. The first-order valence-corrected chi connectivity index (χ1v) is 9.22. The third kappa shape index (κ3) is 4.31. The van der Waals surface area contributed by atoms with Crippen LogP contribution in [0.15, 0.2) is 60.7 Å². The predicted molar refractivity (Wildman–Crippen MR) is 103 cm³/mol. The second kappa shape index (κ2) is 7.71. The largest absolute Gasteiger partial charge is 0.444 e. The van der Waals surface area contributed by atoms with E-state index in [4.69, 9.17) is 9.47 Å². The molecular formula is C22H27NO4. The predicted octanol–water partition coefficient (Wildman–Crippen LogP) is 4.44. The van der Waals surface area contributed by atoms with E-state index in [1.807, 2.05) is 88.4 Å². The molecule has 1 N–H and O–H groups in total. The summed E-state index contributed by atoms with van der Waals surface area (Å²) >= 11 is 0. The van der Waals surface area contributed by atoms with Crippen LogP contribution in [0.1, 0.15) is 51.0 Å². The van der Waals surface area contributed by atoms with Gasteiger partial charge < -0.3 is 14.6 Å². The molecule has 1 unspecified atom stereocenters. The van der Waals surface area contributed by atoms with E-state index < -0.39 is 24.0 Å². The topological polar surface area (TPSA) is 59.0 Å². The van der Waals surface area contributed by atoms with Crippen molar-refractivity contribution in [1.82, 2.24) is 4.90 Å². The van der Waals surface area contributed by atoms with Crippen molar-refractivity contribution in [3.63, 3.8) is 0 Å². The molecule has 27 heavy (non-hydrogen) atoms. The highest BCUT2D eigenvalue weighted by molar-refractivity contribution is 5.69. The molecule has 3 rings (SSSR count). The van der Waals surface area contributed by atoms with E-state index >= 15 is 0 Å². The second-order valence-corrected chi connectivity index (χ2v) is 7.84. The molecule has 1 heterocycles. The minimum atomic E-state index is -0.977. The van der Waals surface area contributed by atoms with Gasteiger partial charge in [0, 0.05) is 0 Å². The number of ether oxygens (including phenoxy) is 2. The first kappa shape index (κ1) is 19.4. The number of carbonyl (C=O) groups excluding carboxylic acids is 1. The van der Waals surface area contributed by atoms with Gasteiger partial charge in [0.05, 0.1) is 6.04 Å². The lowest BCUT2D eigenvalue weighted by atomic mass is 10.0. The highest BCUT2D eigenvalue weighted by Crippen LogP contribution is 2.40. The maximum Gasteiger partial charge on any atom is 0.412 e. The molecule has 0 bridgehead atoms. The van der Waals surface area contributed by atoms with Crippen LogP contribution in [0.2, 0.25) is 0 Å². The van der Waals surface area contributed by atoms with Gasteiger partial charge in [-0.1, -0.05) is 60.7 Å². The lowest BCUT2D eigenvalue weighted by molar-refractivity contribution is -0.0854. The van der Waals surface area contributed by atoms with Crippen molar-refractivity contribution in [1.29, 1.82) is 0 Å². The van der Waals surface area contributed by atoms with Gasteiger partial charge in [0.1, 0.15) is 17.8 Å². The van der Waals surface area contributed by atoms with Crippen LogP contribution in [0.5, 0.6) is 0 Å². The fraction of sp³-hybridized carbons (Fsp3) is 0.409. The zero-order valence-electron chi connectivity index (χ0n) is 16.2. The molecule has 4 atom stereocenters. The van der Waals surface area contributed by atoms with E-state index in [2.05, 4.69) is 0 Å². The monoisotopic (exact) mass is 369 g/mol. The van der Waals surface area contributed by atoms with Crippen LogP contribution < -0.4 is 0 Å². The average Bonchev–Trinajstić information content (AvgIpc) is 2.98. The van der Waals surface area contributed by atoms with Crippen LogP contribution in [0.4, 0.5) is 4.79 Å². The van der Waals surface area contributed by atoms with Gasteiger partial charge >= 0.3 is 6.09 Å². The summed E-state index contributed by atoms with van der Waals surface area (Å²) in [5, 5.41) is 10.9. The van der Waals surface area contributed by atoms with Crippen LogP contribution in [-0.4, -0.2) is 34.0 Å². The number of rotatable bonds is 3. The second-order valence-electron chi connectivity index (χ2n) is 7.84. The molecule has 1 fully saturated rings. The normalized spacial score (nSPS) is 23.9. The first-order chi connectivity index (χ1) is 12.8. The Balaban J connectivity index is 1.93. The summed E-state index contributed by atoms with van der Waals surface area (Å²) in [5.74, 6) is 0. The molecule has 1 amide bonds. The minimum Gasteiger partial charge on any atom is -0.444 e. The van der Waals surface area contributed by atoms with Crippen LogP contribution in [0.25, 0.3) is 0 Å². The van der Waals surface area contributed by atoms with Gasteiger partial charge in [0.2, 0.25) is 0 Å². The number of carbonyl (C=O) groups is 1. The van der Waals surface area contributed by atoms with Gasteiger partial charge in [-0.05, 0) is 38.8 Å².